The molecule has 3 aromatic heterocycles. The van der Waals surface area contributed by atoms with Crippen molar-refractivity contribution in [2.24, 2.45) is 4.99 Å². The van der Waals surface area contributed by atoms with Crippen LogP contribution in [0.25, 0.3) is 11.0 Å². The van der Waals surface area contributed by atoms with Gasteiger partial charge in [0.15, 0.2) is 0 Å². The molecular formula is C46H51N9O8. The quantitative estimate of drug-likeness (QED) is 0.0988. The van der Waals surface area contributed by atoms with Gasteiger partial charge >= 0.3 is 5.97 Å². The van der Waals surface area contributed by atoms with Gasteiger partial charge in [0, 0.05) is 43.1 Å². The summed E-state index contributed by atoms with van der Waals surface area (Å²) >= 11 is 0. The third-order valence-corrected chi connectivity index (χ3v) is 10.8. The Morgan fingerprint density at radius 3 is 2.02 bits per heavy atom. The number of carbonyl (C=O) groups is 4. The van der Waals surface area contributed by atoms with E-state index >= 15 is 0 Å². The molecule has 3 N–H and O–H groups in total. The maximum absolute atomic E-state index is 13.8. The number of nitrogens with one attached hydrogen (secondary N) is 2. The van der Waals surface area contributed by atoms with Gasteiger partial charge in [-0.2, -0.15) is 10.2 Å². The Labute approximate surface area is 364 Å². The molecule has 1 unspecified atom stereocenters. The van der Waals surface area contributed by atoms with Gasteiger partial charge in [-0.3, -0.25) is 29.1 Å². The Kier molecular flexibility index (Phi) is 14.1. The molecule has 0 saturated carbocycles. The number of aromatic nitrogens is 4. The van der Waals surface area contributed by atoms with E-state index in [0.717, 1.165) is 78.1 Å². The number of aromatic carboxylic acids is 1. The first kappa shape index (κ1) is 43.7. The number of furan rings is 1. The number of likely N-dealkylation sites (tertiary alicyclic amines) is 2. The zero-order valence-corrected chi connectivity index (χ0v) is 35.5. The summed E-state index contributed by atoms with van der Waals surface area (Å²) in [6.45, 7) is 4.70. The van der Waals surface area contributed by atoms with Crippen LogP contribution in [-0.2, 0) is 22.7 Å². The number of nitrogens with zero attached hydrogens (tertiary/aromatic N) is 7. The Morgan fingerprint density at radius 1 is 0.794 bits per heavy atom. The normalized spacial score (nSPS) is 15.4. The predicted molar refractivity (Wildman–Crippen MR) is 235 cm³/mol. The average Bonchev–Trinajstić information content (AvgIpc) is 4.12. The van der Waals surface area contributed by atoms with Crippen LogP contribution in [0.4, 0.5) is 5.69 Å². The zero-order chi connectivity index (χ0) is 44.3. The Balaban J connectivity index is 0.000000292. The SMILES string of the molecule is COc1ccc(Cn2nccc2C(=O)NC(=NC2CCCCN(CC(=O)N3CCCC3)C2=O)Nc2ccc3oc(C)cc3c2)cc1.COc1ccc(Cn2nccc2C(=O)O)cc1. The molecule has 3 aromatic carbocycles. The summed E-state index contributed by atoms with van der Waals surface area (Å²) in [6.07, 6.45) is 7.08. The number of methoxy groups -OCH3 is 2. The van der Waals surface area contributed by atoms with Crippen molar-refractivity contribution >= 4 is 46.3 Å². The van der Waals surface area contributed by atoms with Crippen molar-refractivity contribution in [2.75, 3.05) is 45.7 Å². The first-order valence-electron chi connectivity index (χ1n) is 20.8. The fraction of sp³-hybridized carbons (Fsp3) is 0.326. The minimum atomic E-state index is -0.976. The second kappa shape index (κ2) is 20.4. The Morgan fingerprint density at radius 2 is 1.40 bits per heavy atom. The van der Waals surface area contributed by atoms with Crippen LogP contribution in [0, 0.1) is 6.92 Å². The second-order valence-corrected chi connectivity index (χ2v) is 15.3. The highest BCUT2D eigenvalue weighted by Gasteiger charge is 2.31. The van der Waals surface area contributed by atoms with E-state index in [1.165, 1.54) is 16.9 Å². The lowest BCUT2D eigenvalue weighted by Gasteiger charge is -2.25. The zero-order valence-electron chi connectivity index (χ0n) is 35.5. The van der Waals surface area contributed by atoms with E-state index in [-0.39, 0.29) is 30.0 Å². The molecule has 8 rings (SSSR count). The summed E-state index contributed by atoms with van der Waals surface area (Å²) in [5.41, 5.74) is 3.84. The van der Waals surface area contributed by atoms with E-state index in [2.05, 4.69) is 20.8 Å². The predicted octanol–water partition coefficient (Wildman–Crippen LogP) is 5.83. The van der Waals surface area contributed by atoms with E-state index in [9.17, 15) is 19.2 Å². The van der Waals surface area contributed by atoms with Gasteiger partial charge in [-0.25, -0.2) is 9.79 Å². The molecule has 0 bridgehead atoms. The fourth-order valence-electron chi connectivity index (χ4n) is 7.50. The number of carbonyl (C=O) groups excluding carboxylic acids is 3. The highest BCUT2D eigenvalue weighted by atomic mass is 16.5. The molecule has 17 nitrogen and oxygen atoms in total. The number of hydrogen-bond donors (Lipinski definition) is 3. The summed E-state index contributed by atoms with van der Waals surface area (Å²) in [4.78, 5) is 59.5. The van der Waals surface area contributed by atoms with E-state index in [1.807, 2.05) is 84.6 Å². The molecule has 2 aliphatic rings. The summed E-state index contributed by atoms with van der Waals surface area (Å²) in [6, 6.07) is 24.8. The monoisotopic (exact) mass is 857 g/mol. The van der Waals surface area contributed by atoms with Crippen molar-refractivity contribution in [2.45, 2.75) is 58.2 Å². The minimum absolute atomic E-state index is 0.0315. The smallest absolute Gasteiger partial charge is 0.354 e. The van der Waals surface area contributed by atoms with E-state index in [1.54, 1.807) is 36.1 Å². The number of guanidine groups is 1. The number of fused-ring (bicyclic) bond motifs is 1. The maximum Gasteiger partial charge on any atom is 0.354 e. The van der Waals surface area contributed by atoms with Crippen LogP contribution in [0.5, 0.6) is 11.5 Å². The molecule has 0 spiro atoms. The molecule has 328 valence electrons. The Hall–Kier alpha value is -7.43. The molecule has 1 atom stereocenters. The van der Waals surface area contributed by atoms with Gasteiger partial charge < -0.3 is 34.1 Å². The number of amides is 3. The standard InChI is InChI=1S/C34H39N7O5.C12H12N2O3/c1-23-19-25-20-26(10-13-30(25)46-23)36-34(37-28-7-3-4-18-40(33(28)44)22-31(42)39-16-5-6-17-39)38-32(43)29-14-15-35-41(29)21-24-8-11-27(45-2)12-9-24;1-17-10-4-2-9(3-5-10)8-14-11(12(15)16)6-7-13-14/h8-15,19-20,28H,3-7,16-18,21-22H2,1-2H3,(H2,36,37,38,43);2-7H,8H2,1H3,(H,15,16). The highest BCUT2D eigenvalue weighted by molar-refractivity contribution is 6.10. The lowest BCUT2D eigenvalue weighted by atomic mass is 10.1. The molecule has 2 fully saturated rings. The number of hydrogen-bond acceptors (Lipinski definition) is 10. The van der Waals surface area contributed by atoms with Gasteiger partial charge in [-0.05, 0) is 111 Å². The van der Waals surface area contributed by atoms with Gasteiger partial charge in [0.1, 0.15) is 40.3 Å². The average molecular weight is 858 g/mol. The first-order valence-corrected chi connectivity index (χ1v) is 20.8. The molecule has 6 aromatic rings. The third kappa shape index (κ3) is 11.3. The van der Waals surface area contributed by atoms with Crippen molar-refractivity contribution in [1.29, 1.82) is 0 Å². The summed E-state index contributed by atoms with van der Waals surface area (Å²) in [7, 11) is 3.21. The molecule has 3 amide bonds. The topological polar surface area (TPSA) is 199 Å². The van der Waals surface area contributed by atoms with Crippen molar-refractivity contribution in [3.05, 3.63) is 126 Å². The molecular weight excluding hydrogens is 807 g/mol. The maximum atomic E-state index is 13.8. The largest absolute Gasteiger partial charge is 0.497 e. The molecule has 5 heterocycles. The Bertz CT molecular complexity index is 2550. The van der Waals surface area contributed by atoms with Crippen molar-refractivity contribution in [1.82, 2.24) is 34.7 Å². The van der Waals surface area contributed by atoms with E-state index in [0.29, 0.717) is 37.4 Å². The van der Waals surface area contributed by atoms with Gasteiger partial charge in [0.2, 0.25) is 17.8 Å². The molecule has 2 saturated heterocycles. The van der Waals surface area contributed by atoms with Crippen LogP contribution >= 0.6 is 0 Å². The first-order chi connectivity index (χ1) is 30.6. The van der Waals surface area contributed by atoms with Gasteiger partial charge in [0.05, 0.1) is 33.9 Å². The molecule has 0 radical (unpaired) electrons. The minimum Gasteiger partial charge on any atom is -0.497 e. The number of aryl methyl sites for hydroxylation is 1. The van der Waals surface area contributed by atoms with Crippen LogP contribution in [0.3, 0.4) is 0 Å². The van der Waals surface area contributed by atoms with Gasteiger partial charge in [-0.15, -0.1) is 0 Å². The number of ether oxygens (including phenoxy) is 2. The second-order valence-electron chi connectivity index (χ2n) is 15.3. The number of aliphatic imine (C=N–C) groups is 1. The van der Waals surface area contributed by atoms with Crippen molar-refractivity contribution in [3.63, 3.8) is 0 Å². The van der Waals surface area contributed by atoms with Crippen LogP contribution in [0.1, 0.15) is 70.0 Å². The fourth-order valence-corrected chi connectivity index (χ4v) is 7.50. The summed E-state index contributed by atoms with van der Waals surface area (Å²) < 4.78 is 19.1. The van der Waals surface area contributed by atoms with E-state index < -0.39 is 17.9 Å². The van der Waals surface area contributed by atoms with Crippen LogP contribution in [0.2, 0.25) is 0 Å². The number of benzene rings is 3. The summed E-state index contributed by atoms with van der Waals surface area (Å²) in [5.74, 6) is 0.771. The number of anilines is 1. The van der Waals surface area contributed by atoms with Crippen molar-refractivity contribution in [3.8, 4) is 11.5 Å². The number of carboxylic acid groups (broad SMARTS) is 1. The number of rotatable bonds is 12. The van der Waals surface area contributed by atoms with Crippen LogP contribution in [-0.4, -0.2) is 111 Å². The molecule has 63 heavy (non-hydrogen) atoms. The highest BCUT2D eigenvalue weighted by Crippen LogP contribution is 2.24. The lowest BCUT2D eigenvalue weighted by Crippen LogP contribution is -2.45. The van der Waals surface area contributed by atoms with Crippen molar-refractivity contribution < 1.29 is 38.2 Å². The molecule has 17 heteroatoms. The van der Waals surface area contributed by atoms with Gasteiger partial charge in [-0.1, -0.05) is 24.3 Å². The lowest BCUT2D eigenvalue weighted by molar-refractivity contribution is -0.140. The van der Waals surface area contributed by atoms with Crippen LogP contribution < -0.4 is 20.1 Å². The van der Waals surface area contributed by atoms with E-state index in [4.69, 9.17) is 24.0 Å². The summed E-state index contributed by atoms with van der Waals surface area (Å²) in [5, 5.41) is 24.3. The number of carboxylic acids is 1. The molecule has 0 aliphatic carbocycles. The van der Waals surface area contributed by atoms with Gasteiger partial charge in [0.25, 0.3) is 5.91 Å². The molecule has 2 aliphatic heterocycles. The third-order valence-electron chi connectivity index (χ3n) is 10.8. The van der Waals surface area contributed by atoms with Crippen LogP contribution in [0.15, 0.2) is 107 Å².